The van der Waals surface area contributed by atoms with Crippen molar-refractivity contribution in [3.05, 3.63) is 0 Å². The molecular weight excluding hydrogens is 302 g/mol. The molecule has 1 saturated heterocycles. The van der Waals surface area contributed by atoms with Crippen LogP contribution in [0.2, 0.25) is 0 Å². The maximum absolute atomic E-state index is 12.3. The Hall–Kier alpha value is -0.180. The Morgan fingerprint density at radius 2 is 1.91 bits per heavy atom. The van der Waals surface area contributed by atoms with Crippen LogP contribution in [0.5, 0.6) is 0 Å². The molecule has 4 unspecified atom stereocenters. The smallest absolute Gasteiger partial charge is 0.222 e. The Kier molecular flexibility index (Phi) is 3.66. The summed E-state index contributed by atoms with van der Waals surface area (Å²) in [7, 11) is 2.06. The molecule has 8 atom stereocenters. The zero-order chi connectivity index (χ0) is 16.6. The normalized spacial score (nSPS) is 56.0. The van der Waals surface area contributed by atoms with Crippen LogP contribution in [0.4, 0.5) is 0 Å². The van der Waals surface area contributed by atoms with Gasteiger partial charge in [0.25, 0.3) is 0 Å². The van der Waals surface area contributed by atoms with Crippen LogP contribution in [0.3, 0.4) is 0 Å². The van der Waals surface area contributed by atoms with Gasteiger partial charge in [0.15, 0.2) is 0 Å². The lowest BCUT2D eigenvalue weighted by molar-refractivity contribution is -0.164. The highest BCUT2D eigenvalue weighted by atomic mass is 32.1. The van der Waals surface area contributed by atoms with E-state index in [-0.39, 0.29) is 0 Å². The molecule has 0 aromatic rings. The molecule has 1 heterocycles. The Balaban J connectivity index is 1.70. The Bertz CT molecular complexity index is 522. The fourth-order valence-corrected chi connectivity index (χ4v) is 8.13. The van der Waals surface area contributed by atoms with E-state index in [4.69, 9.17) is 12.6 Å². The van der Waals surface area contributed by atoms with Crippen LogP contribution < -0.4 is 0 Å². The lowest BCUT2D eigenvalue weighted by Gasteiger charge is -2.63. The van der Waals surface area contributed by atoms with Gasteiger partial charge < -0.3 is 4.90 Å². The number of hydrogen-bond acceptors (Lipinski definition) is 2. The molecule has 1 amide bonds. The summed E-state index contributed by atoms with van der Waals surface area (Å²) < 4.78 is 0. The van der Waals surface area contributed by atoms with Gasteiger partial charge in [0.1, 0.15) is 0 Å². The van der Waals surface area contributed by atoms with E-state index in [1.165, 1.54) is 32.1 Å². The third kappa shape index (κ3) is 2.17. The van der Waals surface area contributed by atoms with Gasteiger partial charge in [0.05, 0.1) is 0 Å². The first-order valence-corrected chi connectivity index (χ1v) is 10.2. The summed E-state index contributed by atoms with van der Waals surface area (Å²) in [5.74, 6) is 3.64. The van der Waals surface area contributed by atoms with Crippen molar-refractivity contribution in [2.45, 2.75) is 77.0 Å². The molecule has 3 saturated carbocycles. The van der Waals surface area contributed by atoms with Crippen LogP contribution in [-0.4, -0.2) is 29.1 Å². The topological polar surface area (TPSA) is 20.3 Å². The maximum Gasteiger partial charge on any atom is 0.222 e. The lowest BCUT2D eigenvalue weighted by atomic mass is 9.45. The molecule has 4 aliphatic rings. The second kappa shape index (κ2) is 5.16. The predicted octanol–water partition coefficient (Wildman–Crippen LogP) is 4.39. The molecule has 2 nitrogen and oxygen atoms in total. The van der Waals surface area contributed by atoms with Crippen LogP contribution >= 0.6 is 12.6 Å². The molecule has 23 heavy (non-hydrogen) atoms. The van der Waals surface area contributed by atoms with Gasteiger partial charge in [-0.05, 0) is 73.0 Å². The number of piperidine rings is 1. The SMILES string of the molecule is C[C@H]1CC2N(C)C(=O)CC[C@]2(C)C2CC[C@]3(C)C[C@@H](S)CC3C21. The third-order valence-corrected chi connectivity index (χ3v) is 9.07. The van der Waals surface area contributed by atoms with Crippen LogP contribution in [0, 0.1) is 34.5 Å². The number of carbonyl (C=O) groups excluding carboxylic acids is 1. The highest BCUT2D eigenvalue weighted by Gasteiger charge is 2.61. The van der Waals surface area contributed by atoms with E-state index in [1.807, 2.05) is 0 Å². The van der Waals surface area contributed by atoms with Gasteiger partial charge in [-0.3, -0.25) is 4.79 Å². The Morgan fingerprint density at radius 3 is 2.65 bits per heavy atom. The van der Waals surface area contributed by atoms with Gasteiger partial charge in [-0.25, -0.2) is 0 Å². The highest BCUT2D eigenvalue weighted by Crippen LogP contribution is 2.66. The van der Waals surface area contributed by atoms with Crippen molar-refractivity contribution in [1.29, 1.82) is 0 Å². The molecule has 0 aromatic carbocycles. The minimum Gasteiger partial charge on any atom is -0.342 e. The van der Waals surface area contributed by atoms with Crippen molar-refractivity contribution in [1.82, 2.24) is 4.90 Å². The third-order valence-electron chi connectivity index (χ3n) is 8.68. The molecule has 1 aliphatic heterocycles. The largest absolute Gasteiger partial charge is 0.342 e. The van der Waals surface area contributed by atoms with Gasteiger partial charge in [-0.1, -0.05) is 20.8 Å². The van der Waals surface area contributed by atoms with Crippen molar-refractivity contribution in [3.63, 3.8) is 0 Å². The van der Waals surface area contributed by atoms with Crippen molar-refractivity contribution in [2.24, 2.45) is 34.5 Å². The summed E-state index contributed by atoms with van der Waals surface area (Å²) in [5.41, 5.74) is 0.872. The van der Waals surface area contributed by atoms with Crippen molar-refractivity contribution in [2.75, 3.05) is 7.05 Å². The molecule has 130 valence electrons. The number of amides is 1. The molecule has 4 fully saturated rings. The zero-order valence-corrected chi connectivity index (χ0v) is 16.1. The van der Waals surface area contributed by atoms with Crippen LogP contribution in [0.25, 0.3) is 0 Å². The number of hydrogen-bond donors (Lipinski definition) is 1. The summed E-state index contributed by atoms with van der Waals surface area (Å²) in [6.45, 7) is 7.53. The van der Waals surface area contributed by atoms with Crippen LogP contribution in [0.1, 0.15) is 65.7 Å². The van der Waals surface area contributed by atoms with Gasteiger partial charge in [0.2, 0.25) is 5.91 Å². The second-order valence-corrected chi connectivity index (χ2v) is 10.5. The van der Waals surface area contributed by atoms with E-state index >= 15 is 0 Å². The fourth-order valence-electron chi connectivity index (χ4n) is 7.49. The van der Waals surface area contributed by atoms with E-state index in [9.17, 15) is 4.79 Å². The molecule has 0 bridgehead atoms. The van der Waals surface area contributed by atoms with Gasteiger partial charge >= 0.3 is 0 Å². The highest BCUT2D eigenvalue weighted by molar-refractivity contribution is 7.81. The molecule has 0 N–H and O–H groups in total. The minimum atomic E-state index is 0.343. The first-order valence-electron chi connectivity index (χ1n) is 9.70. The Labute approximate surface area is 147 Å². The van der Waals surface area contributed by atoms with Crippen LogP contribution in [-0.2, 0) is 4.79 Å². The molecule has 0 radical (unpaired) electrons. The summed E-state index contributed by atoms with van der Waals surface area (Å²) in [4.78, 5) is 14.4. The first-order chi connectivity index (χ1) is 10.8. The zero-order valence-electron chi connectivity index (χ0n) is 15.2. The van der Waals surface area contributed by atoms with Crippen molar-refractivity contribution < 1.29 is 4.79 Å². The number of nitrogens with zero attached hydrogens (tertiary/aromatic N) is 1. The average Bonchev–Trinajstić information content (AvgIpc) is 2.80. The van der Waals surface area contributed by atoms with E-state index in [1.54, 1.807) is 0 Å². The van der Waals surface area contributed by atoms with Gasteiger partial charge in [0, 0.05) is 24.8 Å². The molecule has 3 aliphatic carbocycles. The van der Waals surface area contributed by atoms with Crippen LogP contribution in [0.15, 0.2) is 0 Å². The number of carbonyl (C=O) groups is 1. The monoisotopic (exact) mass is 335 g/mol. The number of fused-ring (bicyclic) bond motifs is 5. The molecule has 0 aromatic heterocycles. The number of likely N-dealkylation sites (tertiary alicyclic amines) is 1. The Morgan fingerprint density at radius 1 is 1.17 bits per heavy atom. The lowest BCUT2D eigenvalue weighted by Crippen LogP contribution is -2.62. The minimum absolute atomic E-state index is 0.343. The van der Waals surface area contributed by atoms with E-state index < -0.39 is 0 Å². The van der Waals surface area contributed by atoms with Gasteiger partial charge in [-0.2, -0.15) is 12.6 Å². The van der Waals surface area contributed by atoms with E-state index in [0.717, 1.165) is 36.5 Å². The summed E-state index contributed by atoms with van der Waals surface area (Å²) in [5, 5.41) is 0.608. The second-order valence-electron chi connectivity index (χ2n) is 9.82. The average molecular weight is 336 g/mol. The van der Waals surface area contributed by atoms with Gasteiger partial charge in [-0.15, -0.1) is 0 Å². The molecule has 3 heteroatoms. The predicted molar refractivity (Wildman–Crippen MR) is 97.5 cm³/mol. The maximum atomic E-state index is 12.3. The van der Waals surface area contributed by atoms with E-state index in [0.29, 0.717) is 28.0 Å². The molecule has 4 rings (SSSR count). The number of thiol groups is 1. The summed E-state index contributed by atoms with van der Waals surface area (Å²) >= 11 is 4.87. The standard InChI is InChI=1S/C20H33NOS/c1-12-9-16-20(3,8-6-17(22)21(16)4)14-5-7-19(2)11-13(23)10-15(19)18(12)14/h12-16,18,23H,5-11H2,1-4H3/t12-,13-,14?,15?,16?,18?,19+,20+/m0/s1. The first kappa shape index (κ1) is 16.3. The summed E-state index contributed by atoms with van der Waals surface area (Å²) in [6.07, 6.45) is 8.47. The fraction of sp³-hybridized carbons (Fsp3) is 0.950. The number of rotatable bonds is 0. The van der Waals surface area contributed by atoms with Crippen molar-refractivity contribution >= 4 is 18.5 Å². The van der Waals surface area contributed by atoms with E-state index in [2.05, 4.69) is 32.7 Å². The quantitative estimate of drug-likeness (QED) is 0.651. The summed E-state index contributed by atoms with van der Waals surface area (Å²) in [6, 6.07) is 0.470. The molecule has 0 spiro atoms. The molecular formula is C20H33NOS. The van der Waals surface area contributed by atoms with Crippen molar-refractivity contribution in [3.8, 4) is 0 Å².